The Morgan fingerprint density at radius 2 is 1.94 bits per heavy atom. The fourth-order valence-electron chi connectivity index (χ4n) is 4.08. The molecular weight excluding hydrogens is 414 g/mol. The minimum atomic E-state index is -3.33. The van der Waals surface area contributed by atoms with Gasteiger partial charge in [0.05, 0.1) is 29.3 Å². The summed E-state index contributed by atoms with van der Waals surface area (Å²) in [6.45, 7) is 2.04. The van der Waals surface area contributed by atoms with Crippen molar-refractivity contribution in [3.63, 3.8) is 0 Å². The van der Waals surface area contributed by atoms with Crippen LogP contribution in [-0.2, 0) is 10.0 Å². The Kier molecular flexibility index (Phi) is 6.11. The zero-order valence-corrected chi connectivity index (χ0v) is 18.5. The first-order chi connectivity index (χ1) is 14.9. The number of nitrogens with zero attached hydrogens (tertiary/aromatic N) is 1. The third-order valence-corrected chi connectivity index (χ3v) is 7.21. The second-order valence-corrected chi connectivity index (χ2v) is 9.81. The number of aromatic nitrogens is 1. The monoisotopic (exact) mass is 443 g/mol. The molecule has 31 heavy (non-hydrogen) atoms. The number of benzene rings is 2. The van der Waals surface area contributed by atoms with E-state index in [4.69, 9.17) is 15.6 Å². The second-order valence-electron chi connectivity index (χ2n) is 7.97. The standard InChI is InChI=1S/C23H29N3O4S/c1-2-14-31(28,29)25-17-8-6-16(7-9-17)23-22(24)20-11-10-19(30-13-12-27)15-21(20)26(23)18-4-3-5-18/h6-11,15,18,25,27H,2-5,12-14,24H2,1H3. The molecule has 0 radical (unpaired) electrons. The molecular formula is C23H29N3O4S. The van der Waals surface area contributed by atoms with Crippen LogP contribution in [0.4, 0.5) is 11.4 Å². The molecule has 1 saturated carbocycles. The predicted molar refractivity (Wildman–Crippen MR) is 125 cm³/mol. The molecule has 1 aliphatic carbocycles. The normalized spacial score (nSPS) is 14.5. The number of nitrogens with two attached hydrogens (primary N) is 1. The average molecular weight is 444 g/mol. The topological polar surface area (TPSA) is 107 Å². The number of sulfonamides is 1. The maximum absolute atomic E-state index is 12.1. The van der Waals surface area contributed by atoms with E-state index in [2.05, 4.69) is 9.29 Å². The molecule has 0 spiro atoms. The van der Waals surface area contributed by atoms with Gasteiger partial charge in [-0.2, -0.15) is 0 Å². The number of nitrogens with one attached hydrogen (secondary N) is 1. The summed E-state index contributed by atoms with van der Waals surface area (Å²) in [5, 5.41) is 10.0. The zero-order chi connectivity index (χ0) is 22.0. The number of nitrogen functional groups attached to an aromatic ring is 1. The molecule has 4 N–H and O–H groups in total. The molecule has 166 valence electrons. The Bertz CT molecular complexity index is 1170. The first-order valence-electron chi connectivity index (χ1n) is 10.7. The Morgan fingerprint density at radius 1 is 1.19 bits per heavy atom. The van der Waals surface area contributed by atoms with E-state index >= 15 is 0 Å². The molecule has 7 nitrogen and oxygen atoms in total. The summed E-state index contributed by atoms with van der Waals surface area (Å²) >= 11 is 0. The Hall–Kier alpha value is -2.71. The lowest BCUT2D eigenvalue weighted by molar-refractivity contribution is 0.201. The number of hydrogen-bond donors (Lipinski definition) is 3. The SMILES string of the molecule is CCCS(=O)(=O)Nc1ccc(-c2c(N)c3ccc(OCCO)cc3n2C2CCC2)cc1. The number of ether oxygens (including phenoxy) is 1. The van der Waals surface area contributed by atoms with E-state index in [1.54, 1.807) is 12.1 Å². The smallest absolute Gasteiger partial charge is 0.232 e. The van der Waals surface area contributed by atoms with Gasteiger partial charge in [-0.3, -0.25) is 4.72 Å². The van der Waals surface area contributed by atoms with Gasteiger partial charge in [-0.25, -0.2) is 8.42 Å². The third kappa shape index (κ3) is 4.36. The van der Waals surface area contributed by atoms with E-state index in [1.807, 2.05) is 37.3 Å². The minimum absolute atomic E-state index is 0.0383. The summed E-state index contributed by atoms with van der Waals surface area (Å²) in [5.41, 5.74) is 10.8. The van der Waals surface area contributed by atoms with Crippen LogP contribution in [0.5, 0.6) is 5.75 Å². The average Bonchev–Trinajstić information content (AvgIpc) is 2.97. The summed E-state index contributed by atoms with van der Waals surface area (Å²) in [6, 6.07) is 13.6. The Morgan fingerprint density at radius 3 is 2.55 bits per heavy atom. The molecule has 0 amide bonds. The summed E-state index contributed by atoms with van der Waals surface area (Å²) in [7, 11) is -3.33. The van der Waals surface area contributed by atoms with Gasteiger partial charge >= 0.3 is 0 Å². The van der Waals surface area contributed by atoms with E-state index < -0.39 is 10.0 Å². The van der Waals surface area contributed by atoms with Crippen molar-refractivity contribution in [1.29, 1.82) is 0 Å². The number of fused-ring (bicyclic) bond motifs is 1. The van der Waals surface area contributed by atoms with Crippen molar-refractivity contribution in [2.45, 2.75) is 38.6 Å². The maximum Gasteiger partial charge on any atom is 0.232 e. The van der Waals surface area contributed by atoms with E-state index in [0.717, 1.165) is 35.0 Å². The van der Waals surface area contributed by atoms with Crippen molar-refractivity contribution in [2.24, 2.45) is 0 Å². The first kappa shape index (κ1) is 21.5. The number of rotatable bonds is 9. The number of aliphatic hydroxyl groups is 1. The summed E-state index contributed by atoms with van der Waals surface area (Å²) in [5.74, 6) is 0.796. The Balaban J connectivity index is 1.75. The second kappa shape index (κ2) is 8.80. The summed E-state index contributed by atoms with van der Waals surface area (Å²) in [4.78, 5) is 0. The summed E-state index contributed by atoms with van der Waals surface area (Å²) < 4.78 is 34.6. The van der Waals surface area contributed by atoms with Gasteiger partial charge in [-0.05, 0) is 49.9 Å². The molecule has 0 atom stereocenters. The first-order valence-corrected chi connectivity index (χ1v) is 12.4. The highest BCUT2D eigenvalue weighted by Crippen LogP contribution is 2.44. The molecule has 0 bridgehead atoms. The molecule has 4 rings (SSSR count). The highest BCUT2D eigenvalue weighted by atomic mass is 32.2. The maximum atomic E-state index is 12.1. The van der Waals surface area contributed by atoms with Gasteiger partial charge in [-0.15, -0.1) is 0 Å². The molecule has 1 aliphatic rings. The highest BCUT2D eigenvalue weighted by molar-refractivity contribution is 7.92. The van der Waals surface area contributed by atoms with E-state index in [0.29, 0.717) is 29.6 Å². The van der Waals surface area contributed by atoms with E-state index in [1.165, 1.54) is 6.42 Å². The van der Waals surface area contributed by atoms with Crippen LogP contribution in [-0.4, -0.2) is 37.1 Å². The van der Waals surface area contributed by atoms with Gasteiger partial charge < -0.3 is 20.1 Å². The molecule has 1 heterocycles. The minimum Gasteiger partial charge on any atom is -0.491 e. The van der Waals surface area contributed by atoms with Crippen LogP contribution in [0.2, 0.25) is 0 Å². The Labute approximate surface area is 182 Å². The van der Waals surface area contributed by atoms with Crippen molar-refractivity contribution in [2.75, 3.05) is 29.4 Å². The molecule has 0 saturated heterocycles. The lowest BCUT2D eigenvalue weighted by Crippen LogP contribution is -2.18. The molecule has 2 aromatic carbocycles. The van der Waals surface area contributed by atoms with Crippen LogP contribution in [0.3, 0.4) is 0 Å². The van der Waals surface area contributed by atoms with Crippen LogP contribution in [0.1, 0.15) is 38.6 Å². The van der Waals surface area contributed by atoms with Crippen molar-refractivity contribution in [1.82, 2.24) is 4.57 Å². The van der Waals surface area contributed by atoms with Crippen molar-refractivity contribution in [3.8, 4) is 17.0 Å². The molecule has 0 aliphatic heterocycles. The lowest BCUT2D eigenvalue weighted by atomic mass is 9.92. The van der Waals surface area contributed by atoms with Gasteiger partial charge in [-0.1, -0.05) is 19.1 Å². The van der Waals surface area contributed by atoms with Crippen LogP contribution < -0.4 is 15.2 Å². The molecule has 3 aromatic rings. The van der Waals surface area contributed by atoms with Crippen LogP contribution in [0.25, 0.3) is 22.2 Å². The van der Waals surface area contributed by atoms with Crippen molar-refractivity contribution in [3.05, 3.63) is 42.5 Å². The number of aliphatic hydroxyl groups excluding tert-OH is 1. The van der Waals surface area contributed by atoms with Gasteiger partial charge in [0.25, 0.3) is 0 Å². The quantitative estimate of drug-likeness (QED) is 0.461. The number of hydrogen-bond acceptors (Lipinski definition) is 5. The van der Waals surface area contributed by atoms with Gasteiger partial charge in [0.15, 0.2) is 0 Å². The van der Waals surface area contributed by atoms with Gasteiger partial charge in [0, 0.05) is 28.7 Å². The van der Waals surface area contributed by atoms with Crippen molar-refractivity contribution < 1.29 is 18.3 Å². The molecule has 0 unspecified atom stereocenters. The van der Waals surface area contributed by atoms with Gasteiger partial charge in [0.2, 0.25) is 10.0 Å². The van der Waals surface area contributed by atoms with Crippen LogP contribution in [0, 0.1) is 0 Å². The largest absolute Gasteiger partial charge is 0.491 e. The predicted octanol–water partition coefficient (Wildman–Crippen LogP) is 4.14. The zero-order valence-electron chi connectivity index (χ0n) is 17.7. The third-order valence-electron chi connectivity index (χ3n) is 5.72. The van der Waals surface area contributed by atoms with Crippen molar-refractivity contribution >= 4 is 32.3 Å². The summed E-state index contributed by atoms with van der Waals surface area (Å²) in [6.07, 6.45) is 3.93. The van der Waals surface area contributed by atoms with Crippen LogP contribution in [0.15, 0.2) is 42.5 Å². The lowest BCUT2D eigenvalue weighted by Gasteiger charge is -2.30. The molecule has 1 aromatic heterocycles. The fourth-order valence-corrected chi connectivity index (χ4v) is 5.22. The highest BCUT2D eigenvalue weighted by Gasteiger charge is 2.27. The van der Waals surface area contributed by atoms with Crippen LogP contribution >= 0.6 is 0 Å². The number of anilines is 2. The fraction of sp³-hybridized carbons (Fsp3) is 0.391. The van der Waals surface area contributed by atoms with E-state index in [-0.39, 0.29) is 19.0 Å². The molecule has 1 fully saturated rings. The molecule has 8 heteroatoms. The van der Waals surface area contributed by atoms with Gasteiger partial charge in [0.1, 0.15) is 12.4 Å². The van der Waals surface area contributed by atoms with E-state index in [9.17, 15) is 8.42 Å².